The first-order chi connectivity index (χ1) is 23.8. The van der Waals surface area contributed by atoms with E-state index in [9.17, 15) is 13.6 Å². The first kappa shape index (κ1) is 33.6. The number of piperazine rings is 1. The number of aromatic nitrogens is 2. The van der Waals surface area contributed by atoms with Gasteiger partial charge in [0.05, 0.1) is 36.8 Å². The van der Waals surface area contributed by atoms with Crippen LogP contribution < -0.4 is 30.1 Å². The molecule has 3 aromatic carbocycles. The summed E-state index contributed by atoms with van der Waals surface area (Å²) < 4.78 is 39.4. The molecular weight excluding hydrogens is 632 g/mol. The number of hydrogen-bond donors (Lipinski definition) is 2. The molecule has 2 aliphatic rings. The van der Waals surface area contributed by atoms with Gasteiger partial charge in [-0.05, 0) is 54.9 Å². The van der Waals surface area contributed by atoms with E-state index in [1.165, 1.54) is 12.4 Å². The first-order valence-corrected chi connectivity index (χ1v) is 16.2. The van der Waals surface area contributed by atoms with Crippen molar-refractivity contribution in [2.45, 2.75) is 25.8 Å². The summed E-state index contributed by atoms with van der Waals surface area (Å²) in [7, 11) is 1.60. The van der Waals surface area contributed by atoms with Crippen LogP contribution >= 0.6 is 0 Å². The molecule has 6 rings (SSSR count). The van der Waals surface area contributed by atoms with Crippen LogP contribution in [-0.2, 0) is 9.63 Å². The number of methoxy groups -OCH3 is 1. The van der Waals surface area contributed by atoms with Crippen LogP contribution in [0.15, 0.2) is 79.6 Å². The van der Waals surface area contributed by atoms with Gasteiger partial charge in [0.15, 0.2) is 17.4 Å². The van der Waals surface area contributed by atoms with E-state index in [2.05, 4.69) is 43.9 Å². The van der Waals surface area contributed by atoms with Gasteiger partial charge in [0, 0.05) is 50.8 Å². The van der Waals surface area contributed by atoms with E-state index in [0.29, 0.717) is 47.5 Å². The van der Waals surface area contributed by atoms with E-state index < -0.39 is 11.6 Å². The molecule has 1 aromatic heterocycles. The van der Waals surface area contributed by atoms with Gasteiger partial charge >= 0.3 is 0 Å². The second-order valence-electron chi connectivity index (χ2n) is 11.7. The molecule has 0 bridgehead atoms. The molecule has 2 fully saturated rings. The molecule has 256 valence electrons. The number of carbonyl (C=O) groups excluding carboxylic acids is 1. The lowest BCUT2D eigenvalue weighted by atomic mass is 10.0. The molecule has 0 spiro atoms. The van der Waals surface area contributed by atoms with Crippen LogP contribution in [0.4, 0.5) is 37.5 Å². The maximum atomic E-state index is 14.2. The lowest BCUT2D eigenvalue weighted by Gasteiger charge is -2.37. The molecule has 0 aliphatic carbocycles. The molecule has 1 amide bonds. The second kappa shape index (κ2) is 15.3. The smallest absolute Gasteiger partial charge is 0.247 e. The zero-order valence-electron chi connectivity index (χ0n) is 27.5. The molecule has 13 heteroatoms. The van der Waals surface area contributed by atoms with Crippen LogP contribution in [0.2, 0.25) is 0 Å². The standard InChI is InChI=1S/C36H39F2N7O4/c1-4-12-43-13-15-44(16-14-43)31-21-33(47-3)29(20-28(31)42-36(46)5-2)41-34-22-35(40-23-39-34)45-30(11-17-48-45)24-7-6-8-26(18-24)49-32-19-25(37)9-10-27(32)38/h5-10,18-23,30H,2,4,11-17H2,1,3H3,(H,42,46)(H,39,40,41)/t30-/m1/s1. The summed E-state index contributed by atoms with van der Waals surface area (Å²) >= 11 is 0. The third-order valence-electron chi connectivity index (χ3n) is 8.42. The largest absolute Gasteiger partial charge is 0.494 e. The lowest BCUT2D eigenvalue weighted by molar-refractivity contribution is -0.111. The van der Waals surface area contributed by atoms with E-state index >= 15 is 0 Å². The Morgan fingerprint density at radius 2 is 1.88 bits per heavy atom. The highest BCUT2D eigenvalue weighted by atomic mass is 19.1. The molecule has 0 saturated carbocycles. The third-order valence-corrected chi connectivity index (χ3v) is 8.42. The number of carbonyl (C=O) groups is 1. The summed E-state index contributed by atoms with van der Waals surface area (Å²) in [6.45, 7) is 10.8. The quantitative estimate of drug-likeness (QED) is 0.156. The number of hydrogen-bond acceptors (Lipinski definition) is 10. The summed E-state index contributed by atoms with van der Waals surface area (Å²) in [4.78, 5) is 32.1. The number of nitrogens with zero attached hydrogens (tertiary/aromatic N) is 5. The van der Waals surface area contributed by atoms with Crippen molar-refractivity contribution in [3.05, 3.63) is 96.8 Å². The van der Waals surface area contributed by atoms with Crippen molar-refractivity contribution in [2.75, 3.05) is 67.0 Å². The average molecular weight is 672 g/mol. The van der Waals surface area contributed by atoms with Gasteiger partial charge in [-0.25, -0.2) is 23.8 Å². The van der Waals surface area contributed by atoms with Gasteiger partial charge in [0.1, 0.15) is 29.5 Å². The van der Waals surface area contributed by atoms with Gasteiger partial charge in [0.25, 0.3) is 0 Å². The number of hydroxylamine groups is 1. The summed E-state index contributed by atoms with van der Waals surface area (Å²) in [5.41, 5.74) is 2.91. The molecule has 3 heterocycles. The monoisotopic (exact) mass is 671 g/mol. The highest BCUT2D eigenvalue weighted by molar-refractivity contribution is 6.02. The molecule has 0 unspecified atom stereocenters. The Kier molecular flexibility index (Phi) is 10.5. The summed E-state index contributed by atoms with van der Waals surface area (Å²) in [6.07, 6.45) is 4.43. The zero-order chi connectivity index (χ0) is 34.3. The molecule has 0 radical (unpaired) electrons. The van der Waals surface area contributed by atoms with Crippen molar-refractivity contribution in [1.82, 2.24) is 14.9 Å². The number of amides is 1. The minimum atomic E-state index is -0.662. The Morgan fingerprint density at radius 3 is 2.65 bits per heavy atom. The van der Waals surface area contributed by atoms with Crippen LogP contribution in [0, 0.1) is 11.6 Å². The zero-order valence-corrected chi connectivity index (χ0v) is 27.5. The number of anilines is 5. The van der Waals surface area contributed by atoms with Crippen molar-refractivity contribution in [3.8, 4) is 17.2 Å². The minimum absolute atomic E-state index is 0.201. The summed E-state index contributed by atoms with van der Waals surface area (Å²) in [6, 6.07) is 15.5. The molecule has 11 nitrogen and oxygen atoms in total. The van der Waals surface area contributed by atoms with Crippen molar-refractivity contribution < 1.29 is 27.9 Å². The first-order valence-electron chi connectivity index (χ1n) is 16.2. The van der Waals surface area contributed by atoms with E-state index in [1.807, 2.05) is 18.2 Å². The fourth-order valence-corrected chi connectivity index (χ4v) is 6.05. The van der Waals surface area contributed by atoms with Crippen LogP contribution in [0.3, 0.4) is 0 Å². The number of halogens is 2. The van der Waals surface area contributed by atoms with Gasteiger partial charge in [-0.1, -0.05) is 25.6 Å². The van der Waals surface area contributed by atoms with Gasteiger partial charge in [-0.2, -0.15) is 0 Å². The van der Waals surface area contributed by atoms with Gasteiger partial charge in [-0.3, -0.25) is 14.5 Å². The summed E-state index contributed by atoms with van der Waals surface area (Å²) in [5, 5.41) is 7.98. The Hall–Kier alpha value is -5.27. The number of nitrogens with one attached hydrogen (secondary N) is 2. The number of rotatable bonds is 12. The van der Waals surface area contributed by atoms with Gasteiger partial charge in [-0.15, -0.1) is 0 Å². The minimum Gasteiger partial charge on any atom is -0.494 e. The Morgan fingerprint density at radius 1 is 1.04 bits per heavy atom. The number of ether oxygens (including phenoxy) is 2. The lowest BCUT2D eigenvalue weighted by Crippen LogP contribution is -2.46. The highest BCUT2D eigenvalue weighted by Gasteiger charge is 2.30. The predicted molar refractivity (Wildman–Crippen MR) is 185 cm³/mol. The average Bonchev–Trinajstić information content (AvgIpc) is 3.61. The van der Waals surface area contributed by atoms with E-state index in [-0.39, 0.29) is 17.7 Å². The van der Waals surface area contributed by atoms with E-state index in [1.54, 1.807) is 36.4 Å². The summed E-state index contributed by atoms with van der Waals surface area (Å²) in [5.74, 6) is 0.128. The molecule has 4 aromatic rings. The molecule has 2 N–H and O–H groups in total. The molecular formula is C36H39F2N7O4. The fraction of sp³-hybridized carbons (Fsp3) is 0.306. The van der Waals surface area contributed by atoms with Crippen molar-refractivity contribution in [2.24, 2.45) is 0 Å². The third kappa shape index (κ3) is 7.90. The van der Waals surface area contributed by atoms with Crippen molar-refractivity contribution >= 4 is 34.6 Å². The van der Waals surface area contributed by atoms with Crippen LogP contribution in [0.25, 0.3) is 0 Å². The van der Waals surface area contributed by atoms with Crippen molar-refractivity contribution in [1.29, 1.82) is 0 Å². The Labute approximate surface area is 284 Å². The van der Waals surface area contributed by atoms with Crippen LogP contribution in [0.5, 0.6) is 17.2 Å². The molecule has 2 aliphatic heterocycles. The maximum absolute atomic E-state index is 14.2. The van der Waals surface area contributed by atoms with Crippen LogP contribution in [-0.4, -0.2) is 67.2 Å². The van der Waals surface area contributed by atoms with Crippen molar-refractivity contribution in [3.63, 3.8) is 0 Å². The Balaban J connectivity index is 1.23. The SMILES string of the molecule is C=CC(=O)Nc1cc(Nc2cc(N3OCC[C@@H]3c3cccc(Oc4cc(F)ccc4F)c3)ncn2)c(OC)cc1N1CCN(CCC)CC1. The van der Waals surface area contributed by atoms with Gasteiger partial charge < -0.3 is 25.0 Å². The second-order valence-corrected chi connectivity index (χ2v) is 11.7. The topological polar surface area (TPSA) is 104 Å². The van der Waals surface area contributed by atoms with E-state index in [0.717, 1.165) is 68.6 Å². The normalized spacial score (nSPS) is 16.4. The fourth-order valence-electron chi connectivity index (χ4n) is 6.05. The number of benzene rings is 3. The maximum Gasteiger partial charge on any atom is 0.247 e. The molecule has 2 saturated heterocycles. The van der Waals surface area contributed by atoms with Crippen LogP contribution in [0.1, 0.15) is 31.4 Å². The molecule has 1 atom stereocenters. The van der Waals surface area contributed by atoms with Gasteiger partial charge in [0.2, 0.25) is 5.91 Å². The van der Waals surface area contributed by atoms with E-state index in [4.69, 9.17) is 14.3 Å². The predicted octanol–water partition coefficient (Wildman–Crippen LogP) is 6.84. The Bertz CT molecular complexity index is 1800. The highest BCUT2D eigenvalue weighted by Crippen LogP contribution is 2.40. The molecule has 49 heavy (non-hydrogen) atoms.